The highest BCUT2D eigenvalue weighted by molar-refractivity contribution is 8.01. The molecule has 2 bridgehead atoms. The number of aromatic nitrogens is 2. The first-order chi connectivity index (χ1) is 19.5. The quantitative estimate of drug-likeness (QED) is 0.216. The Hall–Kier alpha value is -2.32. The number of benzene rings is 1. The molecule has 4 rings (SSSR count). The fraction of sp³-hybridized carbons (Fsp3) is 0.571. The summed E-state index contributed by atoms with van der Waals surface area (Å²) in [6, 6.07) is 8.97. The van der Waals surface area contributed by atoms with Crippen LogP contribution in [0.25, 0.3) is 4.85 Å². The molecule has 6 atom stereocenters. The molecule has 2 aliphatic rings. The second-order valence-electron chi connectivity index (χ2n) is 10.5. The normalized spacial score (nSPS) is 26.8. The zero-order chi connectivity index (χ0) is 29.9. The van der Waals surface area contributed by atoms with Crippen LogP contribution in [0.15, 0.2) is 41.3 Å². The van der Waals surface area contributed by atoms with E-state index < -0.39 is 32.1 Å². The van der Waals surface area contributed by atoms with Gasteiger partial charge in [0.2, 0.25) is 6.54 Å². The van der Waals surface area contributed by atoms with Crippen LogP contribution in [0.3, 0.4) is 0 Å². The Morgan fingerprint density at radius 2 is 2.05 bits per heavy atom. The zero-order valence-corrected chi connectivity index (χ0v) is 25.4. The number of ether oxygens (including phenoxy) is 1. The smallest absolute Gasteiger partial charge is 0.346 e. The number of aryl methyl sites for hydroxylation is 1. The molecule has 2 saturated heterocycles. The summed E-state index contributed by atoms with van der Waals surface area (Å²) >= 11 is 1.64. The summed E-state index contributed by atoms with van der Waals surface area (Å²) in [5, 5.41) is 2.39. The molecule has 216 valence electrons. The topological polar surface area (TPSA) is 99.3 Å². The number of nitrogens with one attached hydrogen (secondary N) is 1. The fourth-order valence-electron chi connectivity index (χ4n) is 5.00. The largest absolute Gasteiger partial charge is 0.351 e. The van der Waals surface area contributed by atoms with Gasteiger partial charge in [-0.3, -0.25) is 9.36 Å². The number of nitrogens with zero attached hydrogens (tertiary/aromatic N) is 4. The number of rotatable bonds is 11. The zero-order valence-electron chi connectivity index (χ0n) is 24.7. The third-order valence-corrected chi connectivity index (χ3v) is 10.7. The Morgan fingerprint density at radius 1 is 1.35 bits per heavy atom. The molecule has 3 heterocycles. The van der Waals surface area contributed by atoms with Crippen LogP contribution in [0, 0.1) is 13.5 Å². The predicted molar refractivity (Wildman–Crippen MR) is 158 cm³/mol. The van der Waals surface area contributed by atoms with Gasteiger partial charge in [-0.15, -0.1) is 11.8 Å². The van der Waals surface area contributed by atoms with Gasteiger partial charge in [0.15, 0.2) is 6.23 Å². The molecule has 0 spiro atoms. The van der Waals surface area contributed by atoms with E-state index in [2.05, 4.69) is 47.5 Å². The maximum Gasteiger partial charge on any atom is 0.351 e. The second-order valence-corrected chi connectivity index (χ2v) is 13.5. The molecule has 2 aromatic rings. The standard InChI is InChI=1S/C28H38N5O5PS/c1-17(2)33(18(3)4)39(36-15-14-29-8)38-23-22-26(37-28(23,7)20(6)40-22)32-16-19(5)24(31-27(32)35)30-25(34)21-12-10-9-11-13-21/h9-13,16-18,20,22-23,26H,14-15H2,1-7H3,(H,30,31,34,35)/t20-,22-,23+,26-,28+,39?/m1/s1/i7D. The Balaban J connectivity index is 1.63. The van der Waals surface area contributed by atoms with E-state index in [-0.39, 0.29) is 54.4 Å². The van der Waals surface area contributed by atoms with E-state index >= 15 is 0 Å². The first-order valence-corrected chi connectivity index (χ1v) is 15.4. The monoisotopic (exact) mass is 588 g/mol. The minimum atomic E-state index is -1.57. The number of hydrogen-bond acceptors (Lipinski definition) is 8. The third-order valence-electron chi connectivity index (χ3n) is 6.98. The van der Waals surface area contributed by atoms with Crippen molar-refractivity contribution in [1.82, 2.24) is 14.2 Å². The number of hydrogen-bond donors (Lipinski definition) is 1. The van der Waals surface area contributed by atoms with Gasteiger partial charge in [0.1, 0.15) is 24.1 Å². The van der Waals surface area contributed by atoms with Crippen molar-refractivity contribution in [3.8, 4) is 0 Å². The highest BCUT2D eigenvalue weighted by atomic mass is 32.2. The lowest BCUT2D eigenvalue weighted by Gasteiger charge is -2.38. The SMILES string of the molecule is [2H]C[C@]12O[C@@H](n3cc(C)c(NC(=O)c4ccccc4)nc3=O)[C@H](S[C@@H]1C)[C@@H]2OP(OCC[N+]#[C-])N(C(C)C)C(C)C. The lowest BCUT2D eigenvalue weighted by molar-refractivity contribution is -0.0885. The van der Waals surface area contributed by atoms with Crippen LogP contribution in [-0.2, 0) is 13.8 Å². The predicted octanol–water partition coefficient (Wildman–Crippen LogP) is 5.26. The first-order valence-electron chi connectivity index (χ1n) is 14.0. The number of amides is 1. The summed E-state index contributed by atoms with van der Waals surface area (Å²) in [5.41, 5.74) is -0.461. The van der Waals surface area contributed by atoms with E-state index in [9.17, 15) is 9.59 Å². The lowest BCUT2D eigenvalue weighted by atomic mass is 9.96. The molecule has 1 aromatic heterocycles. The maximum absolute atomic E-state index is 13.3. The molecule has 12 heteroatoms. The van der Waals surface area contributed by atoms with E-state index in [4.69, 9.17) is 21.7 Å². The third kappa shape index (κ3) is 6.13. The average Bonchev–Trinajstić information content (AvgIpc) is 3.38. The van der Waals surface area contributed by atoms with Crippen molar-refractivity contribution in [3.05, 3.63) is 69.6 Å². The van der Waals surface area contributed by atoms with Crippen LogP contribution >= 0.6 is 20.3 Å². The molecule has 0 radical (unpaired) electrons. The molecule has 10 nitrogen and oxygen atoms in total. The molecular weight excluding hydrogens is 549 g/mol. The Morgan fingerprint density at radius 3 is 2.67 bits per heavy atom. The van der Waals surface area contributed by atoms with E-state index in [1.165, 1.54) is 4.57 Å². The molecule has 1 amide bonds. The fourth-order valence-corrected chi connectivity index (χ4v) is 8.52. The van der Waals surface area contributed by atoms with Gasteiger partial charge in [-0.25, -0.2) is 16.0 Å². The molecule has 1 N–H and O–H groups in total. The van der Waals surface area contributed by atoms with Gasteiger partial charge in [0.25, 0.3) is 14.4 Å². The summed E-state index contributed by atoms with van der Waals surface area (Å²) in [7, 11) is -1.57. The van der Waals surface area contributed by atoms with Crippen molar-refractivity contribution in [2.45, 2.75) is 89.0 Å². The summed E-state index contributed by atoms with van der Waals surface area (Å²) < 4.78 is 31.6. The van der Waals surface area contributed by atoms with Gasteiger partial charge in [-0.1, -0.05) is 25.1 Å². The number of anilines is 1. The molecule has 0 aliphatic carbocycles. The van der Waals surface area contributed by atoms with Crippen molar-refractivity contribution in [2.24, 2.45) is 0 Å². The molecule has 2 fully saturated rings. The highest BCUT2D eigenvalue weighted by Gasteiger charge is 2.64. The second kappa shape index (κ2) is 12.7. The highest BCUT2D eigenvalue weighted by Crippen LogP contribution is 2.61. The number of fused-ring (bicyclic) bond motifs is 2. The van der Waals surface area contributed by atoms with Crippen LogP contribution in [-0.4, -0.2) is 67.6 Å². The van der Waals surface area contributed by atoms with Crippen LogP contribution < -0.4 is 11.0 Å². The number of thioether (sulfide) groups is 1. The first kappa shape index (κ1) is 29.2. The Labute approximate surface area is 243 Å². The molecular formula is C28H38N5O5PS. The Bertz CT molecular complexity index is 1320. The van der Waals surface area contributed by atoms with Crippen LogP contribution in [0.5, 0.6) is 0 Å². The molecule has 40 heavy (non-hydrogen) atoms. The van der Waals surface area contributed by atoms with Gasteiger partial charge in [0, 0.05) is 36.0 Å². The van der Waals surface area contributed by atoms with E-state index in [0.717, 1.165) is 0 Å². The summed E-state index contributed by atoms with van der Waals surface area (Å²) in [5.74, 6) is -0.166. The summed E-state index contributed by atoms with van der Waals surface area (Å²) in [6.45, 7) is 19.6. The van der Waals surface area contributed by atoms with Crippen molar-refractivity contribution >= 4 is 32.0 Å². The van der Waals surface area contributed by atoms with Gasteiger partial charge >= 0.3 is 5.69 Å². The summed E-state index contributed by atoms with van der Waals surface area (Å²) in [4.78, 5) is 33.6. The number of carbonyl (C=O) groups is 1. The van der Waals surface area contributed by atoms with Gasteiger partial charge in [-0.2, -0.15) is 4.98 Å². The van der Waals surface area contributed by atoms with E-state index in [1.807, 2.05) is 13.0 Å². The minimum Gasteiger partial charge on any atom is -0.346 e. The lowest BCUT2D eigenvalue weighted by Crippen LogP contribution is -2.44. The molecule has 1 unspecified atom stereocenters. The maximum atomic E-state index is 13.3. The Kier molecular flexibility index (Phi) is 9.25. The van der Waals surface area contributed by atoms with Crippen molar-refractivity contribution < 1.29 is 19.9 Å². The van der Waals surface area contributed by atoms with Crippen LogP contribution in [0.2, 0.25) is 0 Å². The molecule has 0 saturated carbocycles. The van der Waals surface area contributed by atoms with Gasteiger partial charge in [-0.05, 0) is 53.7 Å². The molecule has 1 aromatic carbocycles. The molecule has 2 aliphatic heterocycles. The van der Waals surface area contributed by atoms with Gasteiger partial charge < -0.3 is 23.9 Å². The van der Waals surface area contributed by atoms with Crippen LogP contribution in [0.4, 0.5) is 5.82 Å². The van der Waals surface area contributed by atoms with E-state index in [0.29, 0.717) is 11.1 Å². The van der Waals surface area contributed by atoms with Gasteiger partial charge in [0.05, 0.1) is 5.25 Å². The van der Waals surface area contributed by atoms with Crippen molar-refractivity contribution in [1.29, 1.82) is 0 Å². The summed E-state index contributed by atoms with van der Waals surface area (Å²) in [6.07, 6.45) is 0.412. The van der Waals surface area contributed by atoms with Crippen molar-refractivity contribution in [2.75, 3.05) is 18.5 Å². The number of carbonyl (C=O) groups excluding carboxylic acids is 1. The minimum absolute atomic E-state index is 0.0490. The average molecular weight is 589 g/mol. The van der Waals surface area contributed by atoms with Crippen LogP contribution in [0.1, 0.15) is 65.0 Å². The van der Waals surface area contributed by atoms with Crippen molar-refractivity contribution in [3.63, 3.8) is 0 Å². The van der Waals surface area contributed by atoms with E-state index in [1.54, 1.807) is 49.1 Å².